The Morgan fingerprint density at radius 2 is 2.24 bits per heavy atom. The second kappa shape index (κ2) is 6.76. The molecule has 6 nitrogen and oxygen atoms in total. The van der Waals surface area contributed by atoms with Gasteiger partial charge in [-0.2, -0.15) is 0 Å². The van der Waals surface area contributed by atoms with Crippen LogP contribution in [0, 0.1) is 0 Å². The molecule has 0 unspecified atom stereocenters. The van der Waals surface area contributed by atoms with Gasteiger partial charge < -0.3 is 20.1 Å². The first-order valence-corrected chi connectivity index (χ1v) is 8.12. The van der Waals surface area contributed by atoms with Crippen molar-refractivity contribution in [2.45, 2.75) is 18.9 Å². The van der Waals surface area contributed by atoms with E-state index in [1.54, 1.807) is 16.2 Å². The van der Waals surface area contributed by atoms with Crippen molar-refractivity contribution in [1.29, 1.82) is 0 Å². The maximum atomic E-state index is 11.9. The van der Waals surface area contributed by atoms with Gasteiger partial charge >= 0.3 is 12.0 Å². The Bertz CT molecular complexity index is 528. The Morgan fingerprint density at radius 3 is 2.81 bits per heavy atom. The fourth-order valence-electron chi connectivity index (χ4n) is 2.12. The summed E-state index contributed by atoms with van der Waals surface area (Å²) in [6.07, 6.45) is 0.794. The minimum absolute atomic E-state index is 0.137. The van der Waals surface area contributed by atoms with Crippen LogP contribution in [0.25, 0.3) is 0 Å². The highest BCUT2D eigenvalue weighted by atomic mass is 79.9. The molecule has 0 atom stereocenters. The molecule has 0 spiro atoms. The predicted molar refractivity (Wildman–Crippen MR) is 82.7 cm³/mol. The van der Waals surface area contributed by atoms with Gasteiger partial charge in [0.1, 0.15) is 12.2 Å². The van der Waals surface area contributed by atoms with Crippen LogP contribution in [-0.4, -0.2) is 53.8 Å². The van der Waals surface area contributed by atoms with E-state index in [1.807, 2.05) is 19.1 Å². The van der Waals surface area contributed by atoms with Gasteiger partial charge in [0, 0.05) is 11.4 Å². The lowest BCUT2D eigenvalue weighted by molar-refractivity contribution is -0.159. The Balaban J connectivity index is 1.65. The third-order valence-corrected chi connectivity index (χ3v) is 4.84. The monoisotopic (exact) mass is 376 g/mol. The van der Waals surface area contributed by atoms with E-state index < -0.39 is 11.6 Å². The van der Waals surface area contributed by atoms with E-state index in [0.717, 1.165) is 10.2 Å². The number of thiophene rings is 1. The fraction of sp³-hybridized carbons (Fsp3) is 0.538. The average Bonchev–Trinajstić information content (AvgIpc) is 2.78. The highest BCUT2D eigenvalue weighted by Gasteiger charge is 2.42. The van der Waals surface area contributed by atoms with E-state index in [1.165, 1.54) is 4.88 Å². The van der Waals surface area contributed by atoms with Crippen molar-refractivity contribution >= 4 is 39.3 Å². The Hall–Kier alpha value is -1.12. The number of amides is 2. The summed E-state index contributed by atoms with van der Waals surface area (Å²) in [6, 6.07) is 3.88. The second-order valence-corrected chi connectivity index (χ2v) is 7.72. The van der Waals surface area contributed by atoms with Crippen molar-refractivity contribution in [2.75, 3.05) is 26.2 Å². The number of carboxylic acids is 1. The number of nitrogens with one attached hydrogen (secondary N) is 1. The highest BCUT2D eigenvalue weighted by molar-refractivity contribution is 9.11. The van der Waals surface area contributed by atoms with Gasteiger partial charge in [-0.25, -0.2) is 9.59 Å². The summed E-state index contributed by atoms with van der Waals surface area (Å²) in [4.78, 5) is 25.2. The number of hydrogen-bond donors (Lipinski definition) is 2. The topological polar surface area (TPSA) is 78.9 Å². The quantitative estimate of drug-likeness (QED) is 0.794. The zero-order valence-electron chi connectivity index (χ0n) is 11.6. The minimum atomic E-state index is -0.999. The van der Waals surface area contributed by atoms with Crippen LogP contribution in [-0.2, 0) is 16.0 Å². The Morgan fingerprint density at radius 1 is 1.52 bits per heavy atom. The molecule has 1 aliphatic rings. The van der Waals surface area contributed by atoms with E-state index >= 15 is 0 Å². The normalized spacial score (nSPS) is 16.4. The van der Waals surface area contributed by atoms with Crippen molar-refractivity contribution in [2.24, 2.45) is 0 Å². The van der Waals surface area contributed by atoms with E-state index in [4.69, 9.17) is 9.84 Å². The van der Waals surface area contributed by atoms with Crippen molar-refractivity contribution in [3.8, 4) is 0 Å². The zero-order chi connectivity index (χ0) is 15.5. The van der Waals surface area contributed by atoms with Gasteiger partial charge in [-0.15, -0.1) is 11.3 Å². The van der Waals surface area contributed by atoms with Gasteiger partial charge in [0.15, 0.2) is 0 Å². The highest BCUT2D eigenvalue weighted by Crippen LogP contribution is 2.25. The Kier molecular flexibility index (Phi) is 5.23. The van der Waals surface area contributed by atoms with Crippen molar-refractivity contribution in [1.82, 2.24) is 10.2 Å². The number of carboxylic acid groups (broad SMARTS) is 1. The van der Waals surface area contributed by atoms with Gasteiger partial charge in [-0.05, 0) is 41.4 Å². The first kappa shape index (κ1) is 16.3. The van der Waals surface area contributed by atoms with Crippen LogP contribution in [0.1, 0.15) is 11.8 Å². The summed E-state index contributed by atoms with van der Waals surface area (Å²) in [5.74, 6) is -0.999. The lowest BCUT2D eigenvalue weighted by Gasteiger charge is -2.46. The van der Waals surface area contributed by atoms with Crippen LogP contribution in [0.5, 0.6) is 0 Å². The van der Waals surface area contributed by atoms with Crippen LogP contribution >= 0.6 is 27.3 Å². The largest absolute Gasteiger partial charge is 0.480 e. The molecule has 1 aliphatic heterocycles. The smallest absolute Gasteiger partial charge is 0.329 e. The molecule has 1 saturated heterocycles. The van der Waals surface area contributed by atoms with Crippen molar-refractivity contribution in [3.05, 3.63) is 20.8 Å². The summed E-state index contributed by atoms with van der Waals surface area (Å²) in [6.45, 7) is 2.88. The minimum Gasteiger partial charge on any atom is -0.480 e. The third kappa shape index (κ3) is 4.69. The molecule has 0 saturated carbocycles. The number of aliphatic carboxylic acids is 1. The van der Waals surface area contributed by atoms with Gasteiger partial charge in [0.05, 0.1) is 16.9 Å². The molecule has 2 amide bonds. The number of carbonyl (C=O) groups is 2. The summed E-state index contributed by atoms with van der Waals surface area (Å²) >= 11 is 5.05. The van der Waals surface area contributed by atoms with E-state index in [0.29, 0.717) is 19.6 Å². The fourth-order valence-corrected chi connectivity index (χ4v) is 3.61. The van der Waals surface area contributed by atoms with Gasteiger partial charge in [-0.1, -0.05) is 0 Å². The number of carbonyl (C=O) groups excluding carboxylic acids is 1. The number of nitrogens with zero attached hydrogens (tertiary/aromatic N) is 1. The van der Waals surface area contributed by atoms with Crippen molar-refractivity contribution < 1.29 is 19.4 Å². The molecule has 8 heteroatoms. The molecule has 0 aromatic carbocycles. The van der Waals surface area contributed by atoms with Crippen LogP contribution in [0.15, 0.2) is 15.9 Å². The number of hydrogen-bond acceptors (Lipinski definition) is 4. The summed E-state index contributed by atoms with van der Waals surface area (Å²) in [5.41, 5.74) is -0.547. The molecular formula is C13H17BrN2O4S. The van der Waals surface area contributed by atoms with Gasteiger partial charge in [0.2, 0.25) is 0 Å². The lowest BCUT2D eigenvalue weighted by atomic mass is 9.97. The van der Waals surface area contributed by atoms with E-state index in [-0.39, 0.29) is 12.6 Å². The number of rotatable bonds is 6. The maximum Gasteiger partial charge on any atom is 0.329 e. The molecule has 0 radical (unpaired) electrons. The summed E-state index contributed by atoms with van der Waals surface area (Å²) < 4.78 is 6.34. The van der Waals surface area contributed by atoms with Gasteiger partial charge in [-0.3, -0.25) is 0 Å². The lowest BCUT2D eigenvalue weighted by Crippen LogP contribution is -2.65. The molecular weight excluding hydrogens is 360 g/mol. The molecule has 116 valence electrons. The first-order chi connectivity index (χ1) is 9.88. The van der Waals surface area contributed by atoms with Crippen LogP contribution < -0.4 is 5.32 Å². The van der Waals surface area contributed by atoms with E-state index in [9.17, 15) is 9.59 Å². The number of halogens is 1. The number of ether oxygens (including phenoxy) is 1. The summed E-state index contributed by atoms with van der Waals surface area (Å²) in [5, 5.41) is 11.4. The predicted octanol–water partition coefficient (Wildman–Crippen LogP) is 1.94. The SMILES string of the molecule is CC1(OCC(=O)O)CN(C(=O)NCCc2ccc(Br)s2)C1. The molecule has 0 bridgehead atoms. The number of likely N-dealkylation sites (tertiary alicyclic amines) is 1. The Labute approximate surface area is 135 Å². The second-order valence-electron chi connectivity index (χ2n) is 5.18. The standard InChI is InChI=1S/C13H17BrN2O4S/c1-13(20-6-11(17)18)7-16(8-13)12(19)15-5-4-9-2-3-10(14)21-9/h2-3H,4-8H2,1H3,(H,15,19)(H,17,18). The molecule has 2 N–H and O–H groups in total. The van der Waals surface area contributed by atoms with Crippen molar-refractivity contribution in [3.63, 3.8) is 0 Å². The third-order valence-electron chi connectivity index (χ3n) is 3.16. The molecule has 2 rings (SSSR count). The van der Waals surface area contributed by atoms with E-state index in [2.05, 4.69) is 21.2 Å². The average molecular weight is 377 g/mol. The molecule has 1 fully saturated rings. The first-order valence-electron chi connectivity index (χ1n) is 6.51. The molecule has 1 aromatic heterocycles. The van der Waals surface area contributed by atoms with Crippen LogP contribution in [0.3, 0.4) is 0 Å². The van der Waals surface area contributed by atoms with Crippen LogP contribution in [0.4, 0.5) is 4.79 Å². The molecule has 0 aliphatic carbocycles. The zero-order valence-corrected chi connectivity index (χ0v) is 14.0. The molecule has 21 heavy (non-hydrogen) atoms. The molecule has 2 heterocycles. The maximum absolute atomic E-state index is 11.9. The molecule has 1 aromatic rings. The summed E-state index contributed by atoms with van der Waals surface area (Å²) in [7, 11) is 0. The van der Waals surface area contributed by atoms with Crippen LogP contribution in [0.2, 0.25) is 0 Å². The van der Waals surface area contributed by atoms with Gasteiger partial charge in [0.25, 0.3) is 0 Å². The number of urea groups is 1.